The molecule has 0 aromatic heterocycles. The van der Waals surface area contributed by atoms with Gasteiger partial charge in [-0.25, -0.2) is 0 Å². The van der Waals surface area contributed by atoms with Gasteiger partial charge in [0.05, 0.1) is 5.69 Å². The van der Waals surface area contributed by atoms with Crippen LogP contribution in [0.25, 0.3) is 44.5 Å². The maximum Gasteiger partial charge on any atom is 0.0546 e. The fraction of sp³-hybridized carbons (Fsp3) is 0.125. The summed E-state index contributed by atoms with van der Waals surface area (Å²) in [7, 11) is 0. The molecule has 0 bridgehead atoms. The van der Waals surface area contributed by atoms with E-state index in [4.69, 9.17) is 0 Å². The summed E-state index contributed by atoms with van der Waals surface area (Å²) in [4.78, 5) is 2.46. The first-order chi connectivity index (χ1) is 23.8. The molecule has 0 unspecified atom stereocenters. The second-order valence-electron chi connectivity index (χ2n) is 14.6. The zero-order valence-electron chi connectivity index (χ0n) is 28.5. The Hall–Kier alpha value is -5.66. The number of para-hydroxylation sites is 1. The predicted octanol–water partition coefficient (Wildman–Crippen LogP) is 13.1. The van der Waals surface area contributed by atoms with E-state index in [0.717, 1.165) is 17.1 Å². The first-order valence-corrected chi connectivity index (χ1v) is 17.4. The van der Waals surface area contributed by atoms with Crippen molar-refractivity contribution < 1.29 is 0 Å². The summed E-state index contributed by atoms with van der Waals surface area (Å²) >= 11 is 0. The maximum atomic E-state index is 2.46. The molecule has 0 aliphatic heterocycles. The van der Waals surface area contributed by atoms with E-state index in [1.54, 1.807) is 0 Å². The second-order valence-corrected chi connectivity index (χ2v) is 14.6. The lowest BCUT2D eigenvalue weighted by Gasteiger charge is -2.30. The summed E-state index contributed by atoms with van der Waals surface area (Å²) in [5.41, 5.74) is 19.1. The van der Waals surface area contributed by atoms with E-state index in [2.05, 4.69) is 196 Å². The van der Waals surface area contributed by atoms with Gasteiger partial charge in [-0.1, -0.05) is 155 Å². The van der Waals surface area contributed by atoms with Gasteiger partial charge in [-0.2, -0.15) is 0 Å². The van der Waals surface area contributed by atoms with E-state index in [1.807, 2.05) is 0 Å². The Bertz CT molecular complexity index is 2380. The minimum atomic E-state index is -0.0942. The molecule has 0 saturated heterocycles. The molecular formula is C48H39N. The molecule has 1 heteroatoms. The van der Waals surface area contributed by atoms with Crippen LogP contribution in [0.15, 0.2) is 164 Å². The zero-order chi connectivity index (χ0) is 33.3. The lowest BCUT2D eigenvalue weighted by molar-refractivity contribution is 0.660. The van der Waals surface area contributed by atoms with E-state index in [0.29, 0.717) is 0 Å². The molecule has 0 radical (unpaired) electrons. The molecule has 0 fully saturated rings. The highest BCUT2D eigenvalue weighted by atomic mass is 15.1. The predicted molar refractivity (Wildman–Crippen MR) is 207 cm³/mol. The van der Waals surface area contributed by atoms with Crippen LogP contribution >= 0.6 is 0 Å². The first-order valence-electron chi connectivity index (χ1n) is 17.4. The van der Waals surface area contributed by atoms with Gasteiger partial charge in [0.1, 0.15) is 0 Å². The normalized spacial score (nSPS) is 14.4. The highest BCUT2D eigenvalue weighted by Gasteiger charge is 2.37. The number of fused-ring (bicyclic) bond motifs is 6. The van der Waals surface area contributed by atoms with Crippen molar-refractivity contribution in [3.05, 3.63) is 186 Å². The van der Waals surface area contributed by atoms with Crippen LogP contribution < -0.4 is 4.90 Å². The molecule has 2 aliphatic carbocycles. The van der Waals surface area contributed by atoms with Gasteiger partial charge in [0, 0.05) is 27.8 Å². The summed E-state index contributed by atoms with van der Waals surface area (Å²) in [6.07, 6.45) is 0. The largest absolute Gasteiger partial charge is 0.310 e. The van der Waals surface area contributed by atoms with Crippen molar-refractivity contribution in [1.82, 2.24) is 0 Å². The molecule has 49 heavy (non-hydrogen) atoms. The number of anilines is 3. The molecule has 9 rings (SSSR count). The average molecular weight is 630 g/mol. The molecule has 7 aromatic rings. The number of rotatable bonds is 5. The van der Waals surface area contributed by atoms with Crippen molar-refractivity contribution in [2.45, 2.75) is 38.5 Å². The van der Waals surface area contributed by atoms with Crippen LogP contribution in [0.4, 0.5) is 17.1 Å². The van der Waals surface area contributed by atoms with Crippen molar-refractivity contribution in [2.24, 2.45) is 0 Å². The van der Waals surface area contributed by atoms with E-state index in [-0.39, 0.29) is 10.8 Å². The molecule has 0 heterocycles. The Kier molecular flexibility index (Phi) is 6.58. The van der Waals surface area contributed by atoms with Crippen molar-refractivity contribution in [3.8, 4) is 44.5 Å². The average Bonchev–Trinajstić information content (AvgIpc) is 3.51. The van der Waals surface area contributed by atoms with Gasteiger partial charge in [0.15, 0.2) is 0 Å². The fourth-order valence-electron chi connectivity index (χ4n) is 8.60. The summed E-state index contributed by atoms with van der Waals surface area (Å²) in [5, 5.41) is 0. The lowest BCUT2D eigenvalue weighted by Crippen LogP contribution is -2.16. The van der Waals surface area contributed by atoms with Crippen LogP contribution in [-0.4, -0.2) is 0 Å². The summed E-state index contributed by atoms with van der Waals surface area (Å²) in [6.45, 7) is 9.43. The van der Waals surface area contributed by atoms with E-state index in [9.17, 15) is 0 Å². The van der Waals surface area contributed by atoms with Crippen LogP contribution in [0.3, 0.4) is 0 Å². The van der Waals surface area contributed by atoms with Gasteiger partial charge in [-0.3, -0.25) is 0 Å². The molecule has 1 nitrogen and oxygen atoms in total. The third-order valence-corrected chi connectivity index (χ3v) is 11.1. The van der Waals surface area contributed by atoms with Gasteiger partial charge in [-0.05, 0) is 97.6 Å². The van der Waals surface area contributed by atoms with Gasteiger partial charge in [-0.15, -0.1) is 0 Å². The molecule has 0 atom stereocenters. The van der Waals surface area contributed by atoms with Crippen molar-refractivity contribution in [1.29, 1.82) is 0 Å². The Morgan fingerprint density at radius 1 is 0.347 bits per heavy atom. The van der Waals surface area contributed by atoms with E-state index >= 15 is 0 Å². The van der Waals surface area contributed by atoms with Gasteiger partial charge < -0.3 is 4.90 Å². The van der Waals surface area contributed by atoms with Gasteiger partial charge >= 0.3 is 0 Å². The summed E-state index contributed by atoms with van der Waals surface area (Å²) in [6, 6.07) is 60.6. The fourth-order valence-corrected chi connectivity index (χ4v) is 8.60. The lowest BCUT2D eigenvalue weighted by atomic mass is 9.81. The smallest absolute Gasteiger partial charge is 0.0546 e. The number of benzene rings is 7. The summed E-state index contributed by atoms with van der Waals surface area (Å²) < 4.78 is 0. The maximum absolute atomic E-state index is 2.46. The van der Waals surface area contributed by atoms with Crippen molar-refractivity contribution >= 4 is 17.1 Å². The standard InChI is InChI=1S/C48H39N/c1-47(2)42-24-14-12-21-38(42)40-31-35(27-29-43(40)47)49(34-18-9-6-10-19-34)45-25-15-22-36(32-16-7-5-8-17-32)46(45)33-26-28-39-37-20-11-13-23-41(37)48(3,4)44(39)30-33/h5-31H,1-4H3. The molecule has 0 N–H and O–H groups in total. The minimum absolute atomic E-state index is 0.0464. The molecule has 0 amide bonds. The van der Waals surface area contributed by atoms with Crippen LogP contribution in [0, 0.1) is 0 Å². The second kappa shape index (κ2) is 10.9. The number of nitrogens with zero attached hydrogens (tertiary/aromatic N) is 1. The first kappa shape index (κ1) is 29.5. The van der Waals surface area contributed by atoms with Crippen LogP contribution in [0.1, 0.15) is 49.9 Å². The molecular weight excluding hydrogens is 591 g/mol. The Morgan fingerprint density at radius 3 is 1.61 bits per heavy atom. The molecule has 2 aliphatic rings. The molecule has 7 aromatic carbocycles. The molecule has 236 valence electrons. The SMILES string of the molecule is CC1(C)c2ccccc2-c2cc(N(c3ccccc3)c3cccc(-c4ccccc4)c3-c3ccc4c(c3)C(C)(C)c3ccccc3-4)ccc21. The van der Waals surface area contributed by atoms with Gasteiger partial charge in [0.25, 0.3) is 0 Å². The highest BCUT2D eigenvalue weighted by Crippen LogP contribution is 2.54. The Morgan fingerprint density at radius 2 is 0.898 bits per heavy atom. The van der Waals surface area contributed by atoms with E-state index < -0.39 is 0 Å². The van der Waals surface area contributed by atoms with Crippen molar-refractivity contribution in [3.63, 3.8) is 0 Å². The number of hydrogen-bond donors (Lipinski definition) is 0. The third-order valence-electron chi connectivity index (χ3n) is 11.1. The van der Waals surface area contributed by atoms with Crippen molar-refractivity contribution in [2.75, 3.05) is 4.90 Å². The molecule has 0 spiro atoms. The monoisotopic (exact) mass is 629 g/mol. The topological polar surface area (TPSA) is 3.24 Å². The van der Waals surface area contributed by atoms with Crippen LogP contribution in [-0.2, 0) is 10.8 Å². The third kappa shape index (κ3) is 4.46. The van der Waals surface area contributed by atoms with Gasteiger partial charge in [0.2, 0.25) is 0 Å². The Labute approximate surface area is 290 Å². The van der Waals surface area contributed by atoms with Crippen LogP contribution in [0.2, 0.25) is 0 Å². The number of hydrogen-bond acceptors (Lipinski definition) is 1. The summed E-state index contributed by atoms with van der Waals surface area (Å²) in [5.74, 6) is 0. The zero-order valence-corrected chi connectivity index (χ0v) is 28.5. The molecule has 0 saturated carbocycles. The van der Waals surface area contributed by atoms with E-state index in [1.165, 1.54) is 66.8 Å². The Balaban J connectivity index is 1.31. The minimum Gasteiger partial charge on any atom is -0.310 e. The quantitative estimate of drug-likeness (QED) is 0.183. The highest BCUT2D eigenvalue weighted by molar-refractivity contribution is 5.98. The van der Waals surface area contributed by atoms with Crippen LogP contribution in [0.5, 0.6) is 0 Å².